The van der Waals surface area contributed by atoms with Crippen molar-refractivity contribution in [3.05, 3.63) is 12.7 Å². The van der Waals surface area contributed by atoms with Gasteiger partial charge in [-0.05, 0) is 32.6 Å². The van der Waals surface area contributed by atoms with Crippen LogP contribution in [0.1, 0.15) is 39.5 Å². The first-order chi connectivity index (χ1) is 6.26. The third-order valence-electron chi connectivity index (χ3n) is 2.21. The summed E-state index contributed by atoms with van der Waals surface area (Å²) in [5.74, 6) is 0. The van der Waals surface area contributed by atoms with Crippen LogP contribution in [-0.4, -0.2) is 18.8 Å². The summed E-state index contributed by atoms with van der Waals surface area (Å²) in [6, 6.07) is 0.185. The van der Waals surface area contributed by atoms with Crippen LogP contribution in [-0.2, 0) is 4.74 Å². The maximum atomic E-state index is 6.00. The Kier molecular flexibility index (Phi) is 8.05. The molecule has 0 saturated heterocycles. The molecule has 0 aliphatic heterocycles. The molecule has 0 fully saturated rings. The van der Waals surface area contributed by atoms with Crippen molar-refractivity contribution in [1.82, 2.24) is 0 Å². The van der Waals surface area contributed by atoms with E-state index < -0.39 is 0 Å². The number of unbranched alkanes of at least 4 members (excludes halogenated alkanes) is 1. The predicted octanol–water partition coefficient (Wildman–Crippen LogP) is 2.49. The smallest absolute Gasteiger partial charge is 0.0723 e. The number of hydrogen-bond acceptors (Lipinski definition) is 2. The number of allylic oxidation sites excluding steroid dienone is 1. The Morgan fingerprint density at radius 1 is 1.46 bits per heavy atom. The molecular formula is C11H23NO. The Labute approximate surface area is 82.2 Å². The van der Waals surface area contributed by atoms with Crippen molar-refractivity contribution in [2.24, 2.45) is 5.73 Å². The molecule has 2 unspecified atom stereocenters. The molecular weight excluding hydrogens is 162 g/mol. The van der Waals surface area contributed by atoms with Crippen LogP contribution in [0, 0.1) is 0 Å². The normalized spacial score (nSPS) is 15.3. The second-order valence-corrected chi connectivity index (χ2v) is 3.29. The van der Waals surface area contributed by atoms with Gasteiger partial charge in [-0.15, -0.1) is 6.58 Å². The molecule has 2 atom stereocenters. The van der Waals surface area contributed by atoms with Gasteiger partial charge in [-0.2, -0.15) is 0 Å². The summed E-state index contributed by atoms with van der Waals surface area (Å²) in [5, 5.41) is 0. The van der Waals surface area contributed by atoms with Crippen molar-refractivity contribution in [3.8, 4) is 0 Å². The molecule has 0 aromatic rings. The van der Waals surface area contributed by atoms with Gasteiger partial charge in [0.2, 0.25) is 0 Å². The number of hydrogen-bond donors (Lipinski definition) is 1. The van der Waals surface area contributed by atoms with Crippen LogP contribution in [0.2, 0.25) is 0 Å². The van der Waals surface area contributed by atoms with Crippen molar-refractivity contribution in [2.45, 2.75) is 51.7 Å². The van der Waals surface area contributed by atoms with E-state index in [9.17, 15) is 0 Å². The van der Waals surface area contributed by atoms with Crippen LogP contribution in [0.4, 0.5) is 0 Å². The molecule has 0 aliphatic rings. The highest BCUT2D eigenvalue weighted by atomic mass is 16.5. The fourth-order valence-corrected chi connectivity index (χ4v) is 1.44. The van der Waals surface area contributed by atoms with Crippen molar-refractivity contribution in [1.29, 1.82) is 0 Å². The minimum absolute atomic E-state index is 0.185. The van der Waals surface area contributed by atoms with Gasteiger partial charge >= 0.3 is 0 Å². The molecule has 0 aromatic carbocycles. The Hall–Kier alpha value is -0.340. The van der Waals surface area contributed by atoms with Crippen LogP contribution >= 0.6 is 0 Å². The van der Waals surface area contributed by atoms with Crippen molar-refractivity contribution in [2.75, 3.05) is 6.61 Å². The van der Waals surface area contributed by atoms with E-state index in [4.69, 9.17) is 10.5 Å². The summed E-state index contributed by atoms with van der Waals surface area (Å²) in [6.07, 6.45) is 6.38. The molecule has 2 heteroatoms. The van der Waals surface area contributed by atoms with E-state index in [-0.39, 0.29) is 12.1 Å². The van der Waals surface area contributed by atoms with E-state index in [1.807, 2.05) is 13.0 Å². The van der Waals surface area contributed by atoms with Crippen molar-refractivity contribution >= 4 is 0 Å². The molecule has 2 N–H and O–H groups in total. The van der Waals surface area contributed by atoms with E-state index in [0.717, 1.165) is 32.3 Å². The lowest BCUT2D eigenvalue weighted by Gasteiger charge is -2.22. The second-order valence-electron chi connectivity index (χ2n) is 3.29. The first-order valence-electron chi connectivity index (χ1n) is 5.24. The molecule has 2 nitrogen and oxygen atoms in total. The second kappa shape index (κ2) is 8.27. The van der Waals surface area contributed by atoms with Gasteiger partial charge in [0.15, 0.2) is 0 Å². The minimum Gasteiger partial charge on any atom is -0.377 e. The lowest BCUT2D eigenvalue weighted by Crippen LogP contribution is -2.36. The molecule has 0 spiro atoms. The lowest BCUT2D eigenvalue weighted by molar-refractivity contribution is 0.0393. The number of nitrogens with two attached hydrogens (primary N) is 1. The fourth-order valence-electron chi connectivity index (χ4n) is 1.44. The summed E-state index contributed by atoms with van der Waals surface area (Å²) in [5.41, 5.74) is 6.00. The van der Waals surface area contributed by atoms with Crippen LogP contribution in [0.25, 0.3) is 0 Å². The SMILES string of the molecule is C=CCCCC(N)C(CC)OCC. The fraction of sp³-hybridized carbons (Fsp3) is 0.818. The lowest BCUT2D eigenvalue weighted by atomic mass is 10.0. The monoisotopic (exact) mass is 185 g/mol. The summed E-state index contributed by atoms with van der Waals surface area (Å²) < 4.78 is 5.53. The third kappa shape index (κ3) is 5.83. The zero-order valence-corrected chi connectivity index (χ0v) is 8.96. The molecule has 0 saturated carbocycles. The molecule has 0 bridgehead atoms. The van der Waals surface area contributed by atoms with Crippen LogP contribution in [0.3, 0.4) is 0 Å². The van der Waals surface area contributed by atoms with Gasteiger partial charge < -0.3 is 10.5 Å². The van der Waals surface area contributed by atoms with Gasteiger partial charge in [0, 0.05) is 12.6 Å². The summed E-state index contributed by atoms with van der Waals surface area (Å²) in [7, 11) is 0. The predicted molar refractivity (Wildman–Crippen MR) is 57.7 cm³/mol. The third-order valence-corrected chi connectivity index (χ3v) is 2.21. The van der Waals surface area contributed by atoms with Gasteiger partial charge in [-0.3, -0.25) is 0 Å². The summed E-state index contributed by atoms with van der Waals surface area (Å²) >= 11 is 0. The molecule has 0 amide bonds. The molecule has 0 aliphatic carbocycles. The molecule has 0 rings (SSSR count). The van der Waals surface area contributed by atoms with Gasteiger partial charge in [0.05, 0.1) is 6.10 Å². The highest BCUT2D eigenvalue weighted by Crippen LogP contribution is 2.09. The van der Waals surface area contributed by atoms with E-state index in [2.05, 4.69) is 13.5 Å². The highest BCUT2D eigenvalue weighted by Gasteiger charge is 2.14. The maximum Gasteiger partial charge on any atom is 0.0723 e. The van der Waals surface area contributed by atoms with Crippen LogP contribution in [0.15, 0.2) is 12.7 Å². The molecule has 0 aromatic heterocycles. The quantitative estimate of drug-likeness (QED) is 0.466. The zero-order chi connectivity index (χ0) is 10.1. The Morgan fingerprint density at radius 2 is 2.15 bits per heavy atom. The molecule has 13 heavy (non-hydrogen) atoms. The van der Waals surface area contributed by atoms with Gasteiger partial charge in [-0.1, -0.05) is 13.0 Å². The highest BCUT2D eigenvalue weighted by molar-refractivity contribution is 4.74. The Morgan fingerprint density at radius 3 is 2.62 bits per heavy atom. The van der Waals surface area contributed by atoms with Crippen LogP contribution < -0.4 is 5.73 Å². The molecule has 0 radical (unpaired) electrons. The zero-order valence-electron chi connectivity index (χ0n) is 8.96. The largest absolute Gasteiger partial charge is 0.377 e. The Bertz CT molecular complexity index is 125. The summed E-state index contributed by atoms with van der Waals surface area (Å²) in [6.45, 7) is 8.58. The van der Waals surface area contributed by atoms with E-state index in [1.165, 1.54) is 0 Å². The van der Waals surface area contributed by atoms with Crippen LogP contribution in [0.5, 0.6) is 0 Å². The first kappa shape index (κ1) is 12.7. The minimum atomic E-state index is 0.185. The first-order valence-corrected chi connectivity index (χ1v) is 5.24. The Balaban J connectivity index is 3.62. The van der Waals surface area contributed by atoms with Gasteiger partial charge in [0.25, 0.3) is 0 Å². The molecule has 78 valence electrons. The number of ether oxygens (including phenoxy) is 1. The maximum absolute atomic E-state index is 6.00. The standard InChI is InChI=1S/C11H23NO/c1-4-7-8-9-10(12)11(5-2)13-6-3/h4,10-11H,1,5-9,12H2,2-3H3. The molecule has 0 heterocycles. The van der Waals surface area contributed by atoms with Crippen molar-refractivity contribution < 1.29 is 4.74 Å². The van der Waals surface area contributed by atoms with Gasteiger partial charge in [0.1, 0.15) is 0 Å². The van der Waals surface area contributed by atoms with E-state index in [1.54, 1.807) is 0 Å². The average Bonchev–Trinajstić information content (AvgIpc) is 2.14. The van der Waals surface area contributed by atoms with E-state index >= 15 is 0 Å². The van der Waals surface area contributed by atoms with Gasteiger partial charge in [-0.25, -0.2) is 0 Å². The average molecular weight is 185 g/mol. The van der Waals surface area contributed by atoms with E-state index in [0.29, 0.717) is 0 Å². The topological polar surface area (TPSA) is 35.2 Å². The van der Waals surface area contributed by atoms with Crippen molar-refractivity contribution in [3.63, 3.8) is 0 Å². The summed E-state index contributed by atoms with van der Waals surface area (Å²) in [4.78, 5) is 0. The number of rotatable bonds is 8.